The van der Waals surface area contributed by atoms with Crippen LogP contribution in [0.4, 0.5) is 0 Å². The van der Waals surface area contributed by atoms with E-state index in [0.717, 1.165) is 0 Å². The number of benzene rings is 2. The number of methoxy groups -OCH3 is 2. The highest BCUT2D eigenvalue weighted by Gasteiger charge is 2.11. The molecule has 5 nitrogen and oxygen atoms in total. The van der Waals surface area contributed by atoms with Gasteiger partial charge in [0.25, 0.3) is 0 Å². The normalized spacial score (nSPS) is 10.0. The molecule has 0 aliphatic heterocycles. The van der Waals surface area contributed by atoms with Crippen LogP contribution in [0.25, 0.3) is 0 Å². The molecule has 2 rings (SSSR count). The highest BCUT2D eigenvalue weighted by molar-refractivity contribution is 5.98. The van der Waals surface area contributed by atoms with Crippen molar-refractivity contribution >= 4 is 11.6 Å². The molecule has 0 amide bonds. The van der Waals surface area contributed by atoms with Crippen molar-refractivity contribution in [2.45, 2.75) is 6.92 Å². The first kappa shape index (κ1) is 16.5. The molecule has 0 saturated heterocycles. The SMILES string of the molecule is COc1ccc(C(=O)COc2ccc(C(C)=O)cc2)cc1OC. The molecule has 0 atom stereocenters. The molecule has 23 heavy (non-hydrogen) atoms. The predicted molar refractivity (Wildman–Crippen MR) is 85.8 cm³/mol. The Bertz CT molecular complexity index is 704. The van der Waals surface area contributed by atoms with Crippen molar-refractivity contribution in [3.05, 3.63) is 53.6 Å². The Hall–Kier alpha value is -2.82. The van der Waals surface area contributed by atoms with E-state index >= 15 is 0 Å². The summed E-state index contributed by atoms with van der Waals surface area (Å²) in [4.78, 5) is 23.4. The molecular formula is C18H18O5. The van der Waals surface area contributed by atoms with Crippen LogP contribution in [0, 0.1) is 0 Å². The average molecular weight is 314 g/mol. The minimum absolute atomic E-state index is 0.0158. The average Bonchev–Trinajstić information content (AvgIpc) is 2.59. The second kappa shape index (κ2) is 7.45. The molecule has 0 heterocycles. The molecule has 0 aliphatic carbocycles. The lowest BCUT2D eigenvalue weighted by Crippen LogP contribution is -2.12. The summed E-state index contributed by atoms with van der Waals surface area (Å²) in [5.41, 5.74) is 1.08. The highest BCUT2D eigenvalue weighted by atomic mass is 16.5. The standard InChI is InChI=1S/C18H18O5/c1-12(19)13-4-7-15(8-5-13)23-11-16(20)14-6-9-17(21-2)18(10-14)22-3/h4-10H,11H2,1-3H3. The van der Waals surface area contributed by atoms with Gasteiger partial charge in [-0.1, -0.05) is 0 Å². The van der Waals surface area contributed by atoms with Crippen LogP contribution in [0.1, 0.15) is 27.6 Å². The number of ether oxygens (including phenoxy) is 3. The Morgan fingerprint density at radius 1 is 0.870 bits per heavy atom. The number of ketones is 2. The first-order valence-electron chi connectivity index (χ1n) is 7.04. The van der Waals surface area contributed by atoms with Gasteiger partial charge >= 0.3 is 0 Å². The van der Waals surface area contributed by atoms with Gasteiger partial charge in [-0.3, -0.25) is 9.59 Å². The minimum Gasteiger partial charge on any atom is -0.493 e. The fraction of sp³-hybridized carbons (Fsp3) is 0.222. The molecule has 0 N–H and O–H groups in total. The third-order valence-corrected chi connectivity index (χ3v) is 3.34. The lowest BCUT2D eigenvalue weighted by atomic mass is 10.1. The summed E-state index contributed by atoms with van der Waals surface area (Å²) < 4.78 is 15.8. The van der Waals surface area contributed by atoms with Crippen molar-refractivity contribution in [2.75, 3.05) is 20.8 Å². The fourth-order valence-corrected chi connectivity index (χ4v) is 2.03. The molecule has 0 unspecified atom stereocenters. The lowest BCUT2D eigenvalue weighted by molar-refractivity contribution is 0.0920. The molecule has 0 radical (unpaired) electrons. The Labute approximate surface area is 134 Å². The molecule has 0 spiro atoms. The zero-order valence-corrected chi connectivity index (χ0v) is 13.3. The van der Waals surface area contributed by atoms with Gasteiger partial charge in [0.2, 0.25) is 0 Å². The topological polar surface area (TPSA) is 61.8 Å². The van der Waals surface area contributed by atoms with Gasteiger partial charge in [0.05, 0.1) is 14.2 Å². The maximum Gasteiger partial charge on any atom is 0.200 e. The van der Waals surface area contributed by atoms with E-state index in [4.69, 9.17) is 14.2 Å². The molecule has 0 bridgehead atoms. The summed E-state index contributed by atoms with van der Waals surface area (Å²) in [6, 6.07) is 11.6. The first-order valence-corrected chi connectivity index (χ1v) is 7.04. The van der Waals surface area contributed by atoms with Crippen molar-refractivity contribution in [1.29, 1.82) is 0 Å². The van der Waals surface area contributed by atoms with Crippen molar-refractivity contribution in [3.63, 3.8) is 0 Å². The van der Waals surface area contributed by atoms with Gasteiger partial charge in [0.15, 0.2) is 29.7 Å². The lowest BCUT2D eigenvalue weighted by Gasteiger charge is -2.10. The van der Waals surface area contributed by atoms with Crippen molar-refractivity contribution in [2.24, 2.45) is 0 Å². The number of hydrogen-bond acceptors (Lipinski definition) is 5. The van der Waals surface area contributed by atoms with Gasteiger partial charge in [-0.15, -0.1) is 0 Å². The fourth-order valence-electron chi connectivity index (χ4n) is 2.03. The van der Waals surface area contributed by atoms with Crippen LogP contribution in [0.15, 0.2) is 42.5 Å². The predicted octanol–water partition coefficient (Wildman–Crippen LogP) is 3.17. The van der Waals surface area contributed by atoms with Crippen LogP contribution in [0.2, 0.25) is 0 Å². The van der Waals surface area contributed by atoms with E-state index in [2.05, 4.69) is 0 Å². The van der Waals surface area contributed by atoms with E-state index in [1.54, 1.807) is 42.5 Å². The summed E-state index contributed by atoms with van der Waals surface area (Å²) in [5.74, 6) is 1.39. The molecule has 2 aromatic rings. The largest absolute Gasteiger partial charge is 0.493 e. The van der Waals surface area contributed by atoms with Crippen molar-refractivity contribution in [1.82, 2.24) is 0 Å². The third kappa shape index (κ3) is 4.10. The minimum atomic E-state index is -0.179. The van der Waals surface area contributed by atoms with Crippen LogP contribution in [-0.2, 0) is 0 Å². The Kier molecular flexibility index (Phi) is 5.36. The van der Waals surface area contributed by atoms with Gasteiger partial charge in [-0.05, 0) is 49.4 Å². The Balaban J connectivity index is 2.03. The van der Waals surface area contributed by atoms with Gasteiger partial charge < -0.3 is 14.2 Å². The number of carbonyl (C=O) groups is 2. The second-order valence-corrected chi connectivity index (χ2v) is 4.86. The third-order valence-electron chi connectivity index (χ3n) is 3.34. The van der Waals surface area contributed by atoms with Crippen LogP contribution in [0.5, 0.6) is 17.2 Å². The van der Waals surface area contributed by atoms with E-state index < -0.39 is 0 Å². The molecule has 0 saturated carbocycles. The molecule has 0 aromatic heterocycles. The zero-order valence-electron chi connectivity index (χ0n) is 13.3. The second-order valence-electron chi connectivity index (χ2n) is 4.86. The van der Waals surface area contributed by atoms with Gasteiger partial charge in [0, 0.05) is 11.1 Å². The van der Waals surface area contributed by atoms with E-state index in [1.807, 2.05) is 0 Å². The summed E-state index contributed by atoms with van der Waals surface area (Å²) in [7, 11) is 3.05. The van der Waals surface area contributed by atoms with Gasteiger partial charge in [-0.2, -0.15) is 0 Å². The number of Topliss-reactive ketones (excluding diaryl/α,β-unsaturated/α-hetero) is 2. The summed E-state index contributed by atoms with van der Waals surface area (Å²) >= 11 is 0. The molecule has 0 aliphatic rings. The van der Waals surface area contributed by atoms with E-state index in [9.17, 15) is 9.59 Å². The Morgan fingerprint density at radius 2 is 1.48 bits per heavy atom. The number of hydrogen-bond donors (Lipinski definition) is 0. The molecule has 120 valence electrons. The molecule has 5 heteroatoms. The summed E-state index contributed by atoms with van der Waals surface area (Å²) in [6.45, 7) is 1.39. The van der Waals surface area contributed by atoms with Gasteiger partial charge in [-0.25, -0.2) is 0 Å². The maximum atomic E-state index is 12.2. The van der Waals surface area contributed by atoms with Crippen LogP contribution in [-0.4, -0.2) is 32.4 Å². The zero-order chi connectivity index (χ0) is 16.8. The highest BCUT2D eigenvalue weighted by Crippen LogP contribution is 2.27. The maximum absolute atomic E-state index is 12.2. The first-order chi connectivity index (χ1) is 11.0. The number of carbonyl (C=O) groups excluding carboxylic acids is 2. The van der Waals surface area contributed by atoms with E-state index in [1.165, 1.54) is 21.1 Å². The smallest absolute Gasteiger partial charge is 0.200 e. The van der Waals surface area contributed by atoms with E-state index in [0.29, 0.717) is 28.4 Å². The van der Waals surface area contributed by atoms with Gasteiger partial charge in [0.1, 0.15) is 5.75 Å². The van der Waals surface area contributed by atoms with Crippen LogP contribution >= 0.6 is 0 Å². The van der Waals surface area contributed by atoms with Crippen molar-refractivity contribution in [3.8, 4) is 17.2 Å². The number of rotatable bonds is 7. The molecule has 0 fully saturated rings. The van der Waals surface area contributed by atoms with Crippen LogP contribution in [0.3, 0.4) is 0 Å². The van der Waals surface area contributed by atoms with E-state index in [-0.39, 0.29) is 18.2 Å². The van der Waals surface area contributed by atoms with Crippen LogP contribution < -0.4 is 14.2 Å². The van der Waals surface area contributed by atoms with Crippen molar-refractivity contribution < 1.29 is 23.8 Å². The Morgan fingerprint density at radius 3 is 2.04 bits per heavy atom. The molecular weight excluding hydrogens is 296 g/mol. The summed E-state index contributed by atoms with van der Waals surface area (Å²) in [5, 5.41) is 0. The molecule has 2 aromatic carbocycles. The monoisotopic (exact) mass is 314 g/mol. The quantitative estimate of drug-likeness (QED) is 0.735. The summed E-state index contributed by atoms with van der Waals surface area (Å²) in [6.07, 6.45) is 0.